The number of carbonyl (C=O) groups is 1. The lowest BCUT2D eigenvalue weighted by molar-refractivity contribution is -0.119. The van der Waals surface area contributed by atoms with Gasteiger partial charge < -0.3 is 14.8 Å². The Morgan fingerprint density at radius 2 is 1.64 bits per heavy atom. The second kappa shape index (κ2) is 10.6. The molecule has 3 aromatic rings. The van der Waals surface area contributed by atoms with E-state index in [0.717, 1.165) is 15.4 Å². The monoisotopic (exact) mass is 488 g/mol. The molecule has 0 aliphatic rings. The van der Waals surface area contributed by atoms with E-state index >= 15 is 0 Å². The second-order valence-corrected chi connectivity index (χ2v) is 9.56. The molecule has 0 fully saturated rings. The summed E-state index contributed by atoms with van der Waals surface area (Å²) < 4.78 is 38.6. The lowest BCUT2D eigenvalue weighted by Gasteiger charge is -2.26. The Hall–Kier alpha value is -3.23. The van der Waals surface area contributed by atoms with Crippen LogP contribution in [0.1, 0.15) is 11.1 Å². The van der Waals surface area contributed by atoms with E-state index in [-0.39, 0.29) is 22.9 Å². The molecule has 0 atom stereocenters. The van der Waals surface area contributed by atoms with Gasteiger partial charge in [0.1, 0.15) is 18.0 Å². The fourth-order valence-corrected chi connectivity index (χ4v) is 4.72. The zero-order valence-electron chi connectivity index (χ0n) is 18.5. The minimum atomic E-state index is -4.09. The van der Waals surface area contributed by atoms with Crippen LogP contribution in [0.25, 0.3) is 0 Å². The van der Waals surface area contributed by atoms with Crippen LogP contribution in [0.4, 0.5) is 5.69 Å². The highest BCUT2D eigenvalue weighted by Crippen LogP contribution is 2.34. The number of anilines is 1. The van der Waals surface area contributed by atoms with Gasteiger partial charge in [0.25, 0.3) is 10.0 Å². The molecule has 0 unspecified atom stereocenters. The van der Waals surface area contributed by atoms with Crippen LogP contribution >= 0.6 is 11.6 Å². The molecule has 0 heterocycles. The maximum Gasteiger partial charge on any atom is 0.264 e. The third-order valence-electron chi connectivity index (χ3n) is 4.95. The molecule has 174 valence electrons. The summed E-state index contributed by atoms with van der Waals surface area (Å²) in [6.45, 7) is 1.64. The fraction of sp³-hybridized carbons (Fsp3) is 0.208. The van der Waals surface area contributed by atoms with Gasteiger partial charge >= 0.3 is 0 Å². The van der Waals surface area contributed by atoms with E-state index in [9.17, 15) is 13.2 Å². The van der Waals surface area contributed by atoms with E-state index in [1.54, 1.807) is 43.5 Å². The smallest absolute Gasteiger partial charge is 0.264 e. The van der Waals surface area contributed by atoms with Crippen LogP contribution in [0, 0.1) is 6.92 Å². The van der Waals surface area contributed by atoms with Crippen LogP contribution in [0.5, 0.6) is 11.5 Å². The molecule has 0 saturated heterocycles. The summed E-state index contributed by atoms with van der Waals surface area (Å²) in [5.41, 5.74) is 1.93. The minimum absolute atomic E-state index is 0.0538. The lowest BCUT2D eigenvalue weighted by Crippen LogP contribution is -2.40. The van der Waals surface area contributed by atoms with E-state index in [4.69, 9.17) is 21.1 Å². The van der Waals surface area contributed by atoms with Crippen LogP contribution in [-0.4, -0.2) is 35.1 Å². The number of carbonyl (C=O) groups excluding carboxylic acids is 1. The van der Waals surface area contributed by atoms with Crippen molar-refractivity contribution in [2.45, 2.75) is 18.4 Å². The number of amides is 1. The van der Waals surface area contributed by atoms with E-state index in [2.05, 4.69) is 5.32 Å². The molecule has 0 radical (unpaired) electrons. The van der Waals surface area contributed by atoms with Gasteiger partial charge in [-0.3, -0.25) is 9.10 Å². The van der Waals surface area contributed by atoms with Crippen molar-refractivity contribution < 1.29 is 22.7 Å². The largest absolute Gasteiger partial charge is 0.497 e. The highest BCUT2D eigenvalue weighted by molar-refractivity contribution is 7.92. The molecule has 9 heteroatoms. The van der Waals surface area contributed by atoms with Crippen LogP contribution in [0.3, 0.4) is 0 Å². The number of aryl methyl sites for hydroxylation is 1. The number of nitrogens with one attached hydrogen (secondary N) is 1. The lowest BCUT2D eigenvalue weighted by atomic mass is 10.2. The number of ether oxygens (including phenoxy) is 2. The SMILES string of the molecule is COc1ccc(CNC(=O)CN(c2cc(Cl)ccc2OC)S(=O)(=O)c2ccc(C)cc2)cc1. The molecule has 33 heavy (non-hydrogen) atoms. The molecule has 0 saturated carbocycles. The normalized spacial score (nSPS) is 11.0. The summed E-state index contributed by atoms with van der Waals surface area (Å²) in [6.07, 6.45) is 0. The summed E-state index contributed by atoms with van der Waals surface area (Å²) in [7, 11) is -1.09. The number of rotatable bonds is 9. The first-order valence-corrected chi connectivity index (χ1v) is 11.9. The van der Waals surface area contributed by atoms with Crippen molar-refractivity contribution in [3.05, 3.63) is 82.9 Å². The van der Waals surface area contributed by atoms with Crippen LogP contribution in [0.15, 0.2) is 71.6 Å². The third kappa shape index (κ3) is 5.97. The summed E-state index contributed by atoms with van der Waals surface area (Å²) in [4.78, 5) is 12.9. The van der Waals surface area contributed by atoms with Crippen LogP contribution in [-0.2, 0) is 21.4 Å². The first-order chi connectivity index (χ1) is 15.7. The van der Waals surface area contributed by atoms with Crippen molar-refractivity contribution in [3.8, 4) is 11.5 Å². The average Bonchev–Trinajstić information content (AvgIpc) is 2.81. The van der Waals surface area contributed by atoms with Crippen molar-refractivity contribution in [1.29, 1.82) is 0 Å². The van der Waals surface area contributed by atoms with Gasteiger partial charge in [0.15, 0.2) is 0 Å². The molecule has 0 aliphatic heterocycles. The zero-order valence-corrected chi connectivity index (χ0v) is 20.1. The number of methoxy groups -OCH3 is 2. The Kier molecular flexibility index (Phi) is 7.84. The predicted molar refractivity (Wildman–Crippen MR) is 129 cm³/mol. The summed E-state index contributed by atoms with van der Waals surface area (Å²) in [5.74, 6) is 0.495. The van der Waals surface area contributed by atoms with Crippen molar-refractivity contribution >= 4 is 33.2 Å². The molecule has 0 spiro atoms. The van der Waals surface area contributed by atoms with Crippen molar-refractivity contribution in [2.75, 3.05) is 25.1 Å². The van der Waals surface area contributed by atoms with E-state index < -0.39 is 22.5 Å². The minimum Gasteiger partial charge on any atom is -0.497 e. The standard InChI is InChI=1S/C24H25ClN2O5S/c1-17-4-11-21(12-5-17)33(29,30)27(22-14-19(25)8-13-23(22)32-3)16-24(28)26-15-18-6-9-20(31-2)10-7-18/h4-14H,15-16H2,1-3H3,(H,26,28). The van der Waals surface area contributed by atoms with Crippen LogP contribution in [0.2, 0.25) is 5.02 Å². The number of halogens is 1. The van der Waals surface area contributed by atoms with Gasteiger partial charge in [-0.2, -0.15) is 0 Å². The Bertz CT molecular complexity index is 1210. The van der Waals surface area contributed by atoms with Gasteiger partial charge in [-0.15, -0.1) is 0 Å². The predicted octanol–water partition coefficient (Wildman–Crippen LogP) is 4.18. The van der Waals surface area contributed by atoms with Gasteiger partial charge in [0.2, 0.25) is 5.91 Å². The zero-order chi connectivity index (χ0) is 24.0. The average molecular weight is 489 g/mol. The molecule has 7 nitrogen and oxygen atoms in total. The molecule has 1 amide bonds. The Morgan fingerprint density at radius 3 is 2.24 bits per heavy atom. The summed E-state index contributed by atoms with van der Waals surface area (Å²) >= 11 is 6.15. The maximum atomic E-state index is 13.5. The first-order valence-electron chi connectivity index (χ1n) is 10.1. The topological polar surface area (TPSA) is 84.9 Å². The van der Waals surface area contributed by atoms with Gasteiger partial charge in [-0.25, -0.2) is 8.42 Å². The van der Waals surface area contributed by atoms with Crippen molar-refractivity contribution in [2.24, 2.45) is 0 Å². The number of sulfonamides is 1. The molecular weight excluding hydrogens is 464 g/mol. The number of nitrogens with zero attached hydrogens (tertiary/aromatic N) is 1. The number of benzene rings is 3. The molecule has 3 rings (SSSR count). The van der Waals surface area contributed by atoms with E-state index in [1.807, 2.05) is 19.1 Å². The molecule has 0 bridgehead atoms. The third-order valence-corrected chi connectivity index (χ3v) is 6.96. The molecule has 3 aromatic carbocycles. The van der Waals surface area contributed by atoms with Crippen molar-refractivity contribution in [1.82, 2.24) is 5.32 Å². The van der Waals surface area contributed by atoms with Gasteiger partial charge in [0.05, 0.1) is 24.8 Å². The van der Waals surface area contributed by atoms with Gasteiger partial charge in [-0.05, 0) is 55.0 Å². The number of hydrogen-bond acceptors (Lipinski definition) is 5. The summed E-state index contributed by atoms with van der Waals surface area (Å²) in [6, 6.07) is 18.2. The molecular formula is C24H25ClN2O5S. The molecule has 1 N–H and O–H groups in total. The van der Waals surface area contributed by atoms with Crippen molar-refractivity contribution in [3.63, 3.8) is 0 Å². The van der Waals surface area contributed by atoms with E-state index in [1.165, 1.54) is 25.3 Å². The molecule has 0 aliphatic carbocycles. The van der Waals surface area contributed by atoms with E-state index in [0.29, 0.717) is 10.8 Å². The van der Waals surface area contributed by atoms with Gasteiger partial charge in [0, 0.05) is 11.6 Å². The highest BCUT2D eigenvalue weighted by atomic mass is 35.5. The molecule has 0 aromatic heterocycles. The quantitative estimate of drug-likeness (QED) is 0.488. The van der Waals surface area contributed by atoms with Crippen LogP contribution < -0.4 is 19.1 Å². The maximum absolute atomic E-state index is 13.5. The fourth-order valence-electron chi connectivity index (χ4n) is 3.13. The Labute approximate surface area is 198 Å². The van der Waals surface area contributed by atoms with Gasteiger partial charge in [-0.1, -0.05) is 41.4 Å². The summed E-state index contributed by atoms with van der Waals surface area (Å²) in [5, 5.41) is 3.08. The second-order valence-electron chi connectivity index (χ2n) is 7.27. The first kappa shape index (κ1) is 24.4. The Balaban J connectivity index is 1.90. The Morgan fingerprint density at radius 1 is 0.970 bits per heavy atom. The highest BCUT2D eigenvalue weighted by Gasteiger charge is 2.29. The number of hydrogen-bond donors (Lipinski definition) is 1.